The fraction of sp³-hybridized carbons (Fsp3) is 0.292. The number of carbonyl (C=O) groups is 1. The van der Waals surface area contributed by atoms with Crippen molar-refractivity contribution in [1.29, 1.82) is 0 Å². The van der Waals surface area contributed by atoms with Crippen LogP contribution < -0.4 is 5.32 Å². The molecule has 3 aromatic rings. The van der Waals surface area contributed by atoms with Crippen LogP contribution in [0, 0.1) is 23.3 Å². The van der Waals surface area contributed by atoms with Crippen LogP contribution in [0.25, 0.3) is 0 Å². The molecule has 0 aliphatic carbocycles. The van der Waals surface area contributed by atoms with Gasteiger partial charge in [0.05, 0.1) is 6.04 Å². The van der Waals surface area contributed by atoms with Crippen LogP contribution in [0.5, 0.6) is 0 Å². The fourth-order valence-corrected chi connectivity index (χ4v) is 4.03. The minimum Gasteiger partial charge on any atom is -0.368 e. The molecule has 0 saturated carbocycles. The molecule has 9 heteroatoms. The number of nitrogens with zero attached hydrogens (tertiary/aromatic N) is 3. The van der Waals surface area contributed by atoms with E-state index in [2.05, 4.69) is 15.5 Å². The van der Waals surface area contributed by atoms with Gasteiger partial charge in [0, 0.05) is 30.8 Å². The van der Waals surface area contributed by atoms with E-state index in [1.165, 1.54) is 35.2 Å². The Labute approximate surface area is 188 Å². The van der Waals surface area contributed by atoms with Gasteiger partial charge in [-0.25, -0.2) is 17.6 Å². The third-order valence-corrected chi connectivity index (χ3v) is 5.76. The van der Waals surface area contributed by atoms with E-state index in [0.29, 0.717) is 37.3 Å². The summed E-state index contributed by atoms with van der Waals surface area (Å²) in [5.74, 6) is -2.81. The summed E-state index contributed by atoms with van der Waals surface area (Å²) >= 11 is 0. The first kappa shape index (κ1) is 22.7. The van der Waals surface area contributed by atoms with Crippen LogP contribution in [-0.2, 0) is 0 Å². The van der Waals surface area contributed by atoms with Gasteiger partial charge in [0.25, 0.3) is 5.91 Å². The minimum atomic E-state index is -0.683. The lowest BCUT2D eigenvalue weighted by atomic mass is 10.0. The molecule has 1 amide bonds. The average molecular weight is 458 g/mol. The standard InChI is InChI=1S/C24H22F4N4O/c1-14(15-9-17(26)11-18(27)10-15)13-29-23-7-6-21(30-31-23)24(33)32-8-2-3-22(32)19-5-4-16(25)12-20(19)28/h4-7,9-12,14,22H,2-3,8,13H2,1H3,(H,29,31). The van der Waals surface area contributed by atoms with Crippen molar-refractivity contribution in [2.24, 2.45) is 0 Å². The largest absolute Gasteiger partial charge is 0.368 e. The van der Waals surface area contributed by atoms with Gasteiger partial charge in [-0.3, -0.25) is 4.79 Å². The highest BCUT2D eigenvalue weighted by molar-refractivity contribution is 5.92. The average Bonchev–Trinajstić information content (AvgIpc) is 3.26. The van der Waals surface area contributed by atoms with Crippen molar-refractivity contribution in [3.8, 4) is 0 Å². The van der Waals surface area contributed by atoms with Crippen LogP contribution in [0.3, 0.4) is 0 Å². The first-order chi connectivity index (χ1) is 15.8. The zero-order chi connectivity index (χ0) is 23.5. The van der Waals surface area contributed by atoms with E-state index in [9.17, 15) is 22.4 Å². The molecule has 1 aliphatic heterocycles. The topological polar surface area (TPSA) is 58.1 Å². The fourth-order valence-electron chi connectivity index (χ4n) is 4.03. The van der Waals surface area contributed by atoms with Crippen LogP contribution in [0.2, 0.25) is 0 Å². The molecule has 1 aromatic heterocycles. The Morgan fingerprint density at radius 3 is 2.45 bits per heavy atom. The molecule has 2 heterocycles. The SMILES string of the molecule is CC(CNc1ccc(C(=O)N2CCCC2c2ccc(F)cc2F)nn1)c1cc(F)cc(F)c1. The molecule has 1 saturated heterocycles. The van der Waals surface area contributed by atoms with E-state index in [1.54, 1.807) is 6.07 Å². The number of halogens is 4. The number of carbonyl (C=O) groups excluding carboxylic acids is 1. The van der Waals surface area contributed by atoms with Crippen molar-refractivity contribution >= 4 is 11.7 Å². The van der Waals surface area contributed by atoms with Gasteiger partial charge >= 0.3 is 0 Å². The molecule has 1 N–H and O–H groups in total. The molecule has 0 bridgehead atoms. The second kappa shape index (κ2) is 9.56. The zero-order valence-electron chi connectivity index (χ0n) is 17.9. The summed E-state index contributed by atoms with van der Waals surface area (Å²) in [7, 11) is 0. The summed E-state index contributed by atoms with van der Waals surface area (Å²) in [6.07, 6.45) is 1.26. The number of aromatic nitrogens is 2. The van der Waals surface area contributed by atoms with Crippen LogP contribution in [0.15, 0.2) is 48.5 Å². The lowest BCUT2D eigenvalue weighted by molar-refractivity contribution is 0.0726. The maximum atomic E-state index is 14.3. The van der Waals surface area contributed by atoms with Gasteiger partial charge in [-0.1, -0.05) is 13.0 Å². The predicted molar refractivity (Wildman–Crippen MR) is 115 cm³/mol. The van der Waals surface area contributed by atoms with Crippen LogP contribution in [-0.4, -0.2) is 34.1 Å². The number of nitrogens with one attached hydrogen (secondary N) is 1. The van der Waals surface area contributed by atoms with Crippen molar-refractivity contribution in [2.75, 3.05) is 18.4 Å². The van der Waals surface area contributed by atoms with Crippen molar-refractivity contribution in [3.63, 3.8) is 0 Å². The number of anilines is 1. The van der Waals surface area contributed by atoms with Crippen molar-refractivity contribution < 1.29 is 22.4 Å². The molecule has 1 aliphatic rings. The second-order valence-electron chi connectivity index (χ2n) is 8.11. The van der Waals surface area contributed by atoms with E-state index < -0.39 is 29.3 Å². The zero-order valence-corrected chi connectivity index (χ0v) is 17.9. The Morgan fingerprint density at radius 2 is 1.79 bits per heavy atom. The van der Waals surface area contributed by atoms with E-state index in [4.69, 9.17) is 0 Å². The third kappa shape index (κ3) is 5.13. The van der Waals surface area contributed by atoms with Crippen molar-refractivity contribution in [3.05, 3.63) is 88.6 Å². The molecule has 0 spiro atoms. The molecule has 33 heavy (non-hydrogen) atoms. The lowest BCUT2D eigenvalue weighted by Crippen LogP contribution is -2.31. The number of likely N-dealkylation sites (tertiary alicyclic amines) is 1. The van der Waals surface area contributed by atoms with Gasteiger partial charge in [0.2, 0.25) is 0 Å². The van der Waals surface area contributed by atoms with Crippen LogP contribution in [0.4, 0.5) is 23.4 Å². The Morgan fingerprint density at radius 1 is 1.03 bits per heavy atom. The highest BCUT2D eigenvalue weighted by atomic mass is 19.1. The number of hydrogen-bond donors (Lipinski definition) is 1. The van der Waals surface area contributed by atoms with Gasteiger partial charge in [-0.15, -0.1) is 10.2 Å². The maximum Gasteiger partial charge on any atom is 0.274 e. The van der Waals surface area contributed by atoms with Gasteiger partial charge in [-0.2, -0.15) is 0 Å². The number of hydrogen-bond acceptors (Lipinski definition) is 4. The number of benzene rings is 2. The van der Waals surface area contributed by atoms with Gasteiger partial charge in [0.1, 0.15) is 29.1 Å². The molecular weight excluding hydrogens is 436 g/mol. The highest BCUT2D eigenvalue weighted by Gasteiger charge is 2.33. The normalized spacial score (nSPS) is 16.6. The first-order valence-electron chi connectivity index (χ1n) is 10.6. The van der Waals surface area contributed by atoms with E-state index in [1.807, 2.05) is 6.92 Å². The van der Waals surface area contributed by atoms with Crippen molar-refractivity contribution in [2.45, 2.75) is 31.7 Å². The minimum absolute atomic E-state index is 0.107. The van der Waals surface area contributed by atoms with Gasteiger partial charge < -0.3 is 10.2 Å². The smallest absolute Gasteiger partial charge is 0.274 e. The summed E-state index contributed by atoms with van der Waals surface area (Å²) < 4.78 is 54.4. The Kier molecular flexibility index (Phi) is 6.57. The predicted octanol–water partition coefficient (Wildman–Crippen LogP) is 5.23. The monoisotopic (exact) mass is 458 g/mol. The molecule has 4 rings (SSSR count). The summed E-state index contributed by atoms with van der Waals surface area (Å²) in [5.41, 5.74) is 0.888. The quantitative estimate of drug-likeness (QED) is 0.514. The first-order valence-corrected chi connectivity index (χ1v) is 10.6. The molecule has 2 aromatic carbocycles. The molecule has 1 fully saturated rings. The third-order valence-electron chi connectivity index (χ3n) is 5.76. The summed E-state index contributed by atoms with van der Waals surface area (Å²) in [4.78, 5) is 14.5. The van der Waals surface area contributed by atoms with Crippen molar-refractivity contribution in [1.82, 2.24) is 15.1 Å². The highest BCUT2D eigenvalue weighted by Crippen LogP contribution is 2.34. The van der Waals surface area contributed by atoms with E-state index in [-0.39, 0.29) is 23.1 Å². The van der Waals surface area contributed by atoms with E-state index >= 15 is 0 Å². The molecule has 5 nitrogen and oxygen atoms in total. The van der Waals surface area contributed by atoms with E-state index in [0.717, 1.165) is 12.1 Å². The number of rotatable bonds is 6. The molecule has 0 radical (unpaired) electrons. The molecule has 2 atom stereocenters. The lowest BCUT2D eigenvalue weighted by Gasteiger charge is -2.25. The molecular formula is C24H22F4N4O. The Balaban J connectivity index is 1.41. The number of amides is 1. The molecule has 172 valence electrons. The van der Waals surface area contributed by atoms with Crippen LogP contribution in [0.1, 0.15) is 53.3 Å². The summed E-state index contributed by atoms with van der Waals surface area (Å²) in [5, 5.41) is 11.0. The molecule has 2 unspecified atom stereocenters. The van der Waals surface area contributed by atoms with Gasteiger partial charge in [0.15, 0.2) is 5.69 Å². The summed E-state index contributed by atoms with van der Waals surface area (Å²) in [6.45, 7) is 2.60. The van der Waals surface area contributed by atoms with Gasteiger partial charge in [-0.05, 0) is 54.7 Å². The maximum absolute atomic E-state index is 14.3. The summed E-state index contributed by atoms with van der Waals surface area (Å²) in [6, 6.07) is 9.34. The Bertz CT molecular complexity index is 1140. The van der Waals surface area contributed by atoms with Crippen LogP contribution >= 0.6 is 0 Å². The Hall–Kier alpha value is -3.49. The second-order valence-corrected chi connectivity index (χ2v) is 8.11.